The van der Waals surface area contributed by atoms with E-state index in [1.807, 2.05) is 18.2 Å². The molecular formula is C15H16N8O2. The Morgan fingerprint density at radius 1 is 1.36 bits per heavy atom. The normalized spacial score (nSPS) is 20.1. The van der Waals surface area contributed by atoms with Gasteiger partial charge < -0.3 is 10.0 Å². The van der Waals surface area contributed by atoms with Crippen LogP contribution in [0.5, 0.6) is 0 Å². The lowest BCUT2D eigenvalue weighted by Gasteiger charge is -2.15. The Morgan fingerprint density at radius 3 is 3.04 bits per heavy atom. The van der Waals surface area contributed by atoms with E-state index in [0.717, 1.165) is 5.69 Å². The number of amides is 1. The van der Waals surface area contributed by atoms with E-state index in [1.165, 1.54) is 17.2 Å². The highest BCUT2D eigenvalue weighted by Crippen LogP contribution is 2.23. The summed E-state index contributed by atoms with van der Waals surface area (Å²) in [6, 6.07) is 5.68. The second-order valence-corrected chi connectivity index (χ2v) is 5.95. The Labute approximate surface area is 142 Å². The maximum absolute atomic E-state index is 12.8. The van der Waals surface area contributed by atoms with Crippen molar-refractivity contribution in [3.8, 4) is 5.82 Å². The van der Waals surface area contributed by atoms with E-state index in [4.69, 9.17) is 0 Å². The molecule has 10 heteroatoms. The number of H-pyrrole nitrogens is 1. The Morgan fingerprint density at radius 2 is 2.28 bits per heavy atom. The number of pyridine rings is 1. The zero-order chi connectivity index (χ0) is 17.2. The van der Waals surface area contributed by atoms with Crippen LogP contribution in [0.3, 0.4) is 0 Å². The van der Waals surface area contributed by atoms with E-state index in [0.29, 0.717) is 24.3 Å². The molecule has 0 radical (unpaired) electrons. The Balaban J connectivity index is 1.50. The van der Waals surface area contributed by atoms with Gasteiger partial charge in [-0.3, -0.25) is 14.9 Å². The third-order valence-electron chi connectivity index (χ3n) is 4.32. The highest BCUT2D eigenvalue weighted by Gasteiger charge is 2.35. The number of tetrazole rings is 1. The van der Waals surface area contributed by atoms with Crippen molar-refractivity contribution in [1.82, 2.24) is 40.3 Å². The summed E-state index contributed by atoms with van der Waals surface area (Å²) < 4.78 is 1.35. The number of carbonyl (C=O) groups excluding carboxylic acids is 1. The molecule has 4 rings (SSSR count). The van der Waals surface area contributed by atoms with Crippen molar-refractivity contribution in [2.75, 3.05) is 13.1 Å². The summed E-state index contributed by atoms with van der Waals surface area (Å²) in [6.07, 6.45) is 4.58. The van der Waals surface area contributed by atoms with Gasteiger partial charge >= 0.3 is 0 Å². The topological polar surface area (TPSA) is 126 Å². The summed E-state index contributed by atoms with van der Waals surface area (Å²) in [6.45, 7) is 0.730. The van der Waals surface area contributed by atoms with Crippen LogP contribution in [-0.2, 0) is 6.42 Å². The number of nitrogens with zero attached hydrogens (tertiary/aromatic N) is 7. The van der Waals surface area contributed by atoms with Crippen LogP contribution in [0.1, 0.15) is 16.1 Å². The van der Waals surface area contributed by atoms with Gasteiger partial charge in [0.2, 0.25) is 0 Å². The van der Waals surface area contributed by atoms with Gasteiger partial charge in [0, 0.05) is 30.9 Å². The third-order valence-corrected chi connectivity index (χ3v) is 4.32. The van der Waals surface area contributed by atoms with Gasteiger partial charge in [0.05, 0.1) is 12.3 Å². The van der Waals surface area contributed by atoms with Crippen LogP contribution >= 0.6 is 0 Å². The number of carbonyl (C=O) groups is 1. The molecule has 3 aromatic rings. The summed E-state index contributed by atoms with van der Waals surface area (Å²) in [4.78, 5) is 18.7. The molecule has 3 aromatic heterocycles. The highest BCUT2D eigenvalue weighted by atomic mass is 16.3. The minimum Gasteiger partial charge on any atom is -0.391 e. The van der Waals surface area contributed by atoms with Gasteiger partial charge in [-0.1, -0.05) is 6.07 Å². The lowest BCUT2D eigenvalue weighted by atomic mass is 10.00. The molecule has 4 heterocycles. The summed E-state index contributed by atoms with van der Waals surface area (Å²) in [7, 11) is 0. The molecule has 0 bridgehead atoms. The number of aliphatic hydroxyl groups is 1. The van der Waals surface area contributed by atoms with Crippen molar-refractivity contribution < 1.29 is 9.90 Å². The average molecular weight is 340 g/mol. The SMILES string of the molecule is O=C(c1cn[nH]c1-n1cnnn1)N1C[C@@H](Cc2ccccn2)[C@H](O)C1. The molecule has 0 spiro atoms. The van der Waals surface area contributed by atoms with Gasteiger partial charge in [0.1, 0.15) is 11.9 Å². The number of aromatic nitrogens is 7. The number of likely N-dealkylation sites (tertiary alicyclic amines) is 1. The zero-order valence-electron chi connectivity index (χ0n) is 13.2. The maximum Gasteiger partial charge on any atom is 0.259 e. The van der Waals surface area contributed by atoms with E-state index < -0.39 is 6.10 Å². The highest BCUT2D eigenvalue weighted by molar-refractivity contribution is 5.97. The molecule has 128 valence electrons. The summed E-state index contributed by atoms with van der Waals surface area (Å²) in [5.41, 5.74) is 1.26. The third kappa shape index (κ3) is 2.98. The first-order valence-electron chi connectivity index (χ1n) is 7.86. The summed E-state index contributed by atoms with van der Waals surface area (Å²) >= 11 is 0. The number of hydrogen-bond donors (Lipinski definition) is 2. The molecule has 1 aliphatic rings. The second kappa shape index (κ2) is 6.40. The number of β-amino-alcohol motifs (C(OH)–C–C–N with tert-alkyl or cyclic N) is 1. The predicted octanol–water partition coefficient (Wildman–Crippen LogP) is -0.544. The number of aliphatic hydroxyl groups excluding tert-OH is 1. The molecule has 1 aliphatic heterocycles. The predicted molar refractivity (Wildman–Crippen MR) is 84.6 cm³/mol. The molecule has 1 saturated heterocycles. The average Bonchev–Trinajstić information content (AvgIpc) is 3.36. The first-order chi connectivity index (χ1) is 12.2. The van der Waals surface area contributed by atoms with E-state index in [9.17, 15) is 9.90 Å². The minimum absolute atomic E-state index is 0.0535. The monoisotopic (exact) mass is 340 g/mol. The molecule has 1 amide bonds. The van der Waals surface area contributed by atoms with Crippen LogP contribution in [0.25, 0.3) is 5.82 Å². The van der Waals surface area contributed by atoms with Gasteiger partial charge in [-0.05, 0) is 29.0 Å². The second-order valence-electron chi connectivity index (χ2n) is 5.95. The minimum atomic E-state index is -0.589. The molecule has 0 aromatic carbocycles. The molecule has 0 aliphatic carbocycles. The zero-order valence-corrected chi connectivity index (χ0v) is 13.2. The molecule has 1 fully saturated rings. The number of aromatic amines is 1. The van der Waals surface area contributed by atoms with Crippen molar-refractivity contribution in [2.24, 2.45) is 5.92 Å². The Kier molecular flexibility index (Phi) is 3.94. The van der Waals surface area contributed by atoms with E-state index in [2.05, 4.69) is 30.7 Å². The molecule has 2 atom stereocenters. The molecule has 25 heavy (non-hydrogen) atoms. The molecule has 0 saturated carbocycles. The van der Waals surface area contributed by atoms with Crippen molar-refractivity contribution in [1.29, 1.82) is 0 Å². The lowest BCUT2D eigenvalue weighted by molar-refractivity contribution is 0.0764. The first kappa shape index (κ1) is 15.4. The lowest BCUT2D eigenvalue weighted by Crippen LogP contribution is -2.30. The van der Waals surface area contributed by atoms with E-state index in [-0.39, 0.29) is 18.4 Å². The van der Waals surface area contributed by atoms with Crippen molar-refractivity contribution >= 4 is 5.91 Å². The van der Waals surface area contributed by atoms with Gasteiger partial charge in [-0.25, -0.2) is 0 Å². The number of nitrogens with one attached hydrogen (secondary N) is 1. The van der Waals surface area contributed by atoms with Crippen LogP contribution in [-0.4, -0.2) is 70.5 Å². The largest absolute Gasteiger partial charge is 0.391 e. The van der Waals surface area contributed by atoms with Gasteiger partial charge in [-0.2, -0.15) is 9.78 Å². The van der Waals surface area contributed by atoms with E-state index >= 15 is 0 Å². The fraction of sp³-hybridized carbons (Fsp3) is 0.333. The smallest absolute Gasteiger partial charge is 0.259 e. The van der Waals surface area contributed by atoms with Crippen LogP contribution in [0.4, 0.5) is 0 Å². The molecule has 0 unspecified atom stereocenters. The summed E-state index contributed by atoms with van der Waals surface area (Å²) in [5.74, 6) is 0.127. The quantitative estimate of drug-likeness (QED) is 0.653. The van der Waals surface area contributed by atoms with Crippen LogP contribution in [0, 0.1) is 5.92 Å². The number of hydrogen-bond acceptors (Lipinski definition) is 7. The Hall–Kier alpha value is -3.14. The van der Waals surface area contributed by atoms with Gasteiger partial charge in [0.15, 0.2) is 5.82 Å². The maximum atomic E-state index is 12.8. The van der Waals surface area contributed by atoms with Crippen LogP contribution < -0.4 is 0 Å². The fourth-order valence-electron chi connectivity index (χ4n) is 3.05. The van der Waals surface area contributed by atoms with E-state index in [1.54, 1.807) is 11.1 Å². The number of rotatable bonds is 4. The van der Waals surface area contributed by atoms with Gasteiger partial charge in [-0.15, -0.1) is 5.10 Å². The first-order valence-corrected chi connectivity index (χ1v) is 7.86. The van der Waals surface area contributed by atoms with Crippen molar-refractivity contribution in [3.63, 3.8) is 0 Å². The fourth-order valence-corrected chi connectivity index (χ4v) is 3.05. The molecular weight excluding hydrogens is 324 g/mol. The summed E-state index contributed by atoms with van der Waals surface area (Å²) in [5, 5.41) is 27.9. The van der Waals surface area contributed by atoms with Crippen LogP contribution in [0.15, 0.2) is 36.9 Å². The standard InChI is InChI=1S/C15H16N8O2/c24-13-8-22(7-10(13)5-11-3-1-2-4-16-11)15(25)12-6-17-19-14(12)23-9-18-20-21-23/h1-4,6,9-10,13,24H,5,7-8H2,(H,17,19)/t10-,13-/m1/s1. The van der Waals surface area contributed by atoms with Gasteiger partial charge in [0.25, 0.3) is 5.91 Å². The van der Waals surface area contributed by atoms with Crippen molar-refractivity contribution in [3.05, 3.63) is 48.2 Å². The van der Waals surface area contributed by atoms with Crippen molar-refractivity contribution in [2.45, 2.75) is 12.5 Å². The molecule has 2 N–H and O–H groups in total. The Bertz CT molecular complexity index is 848. The van der Waals surface area contributed by atoms with Crippen LogP contribution in [0.2, 0.25) is 0 Å². The molecule has 10 nitrogen and oxygen atoms in total.